The second kappa shape index (κ2) is 6.84. The van der Waals surface area contributed by atoms with Crippen LogP contribution in [0.4, 0.5) is 0 Å². The monoisotopic (exact) mass is 369 g/mol. The van der Waals surface area contributed by atoms with Crippen molar-refractivity contribution >= 4 is 21.4 Å². The molecule has 1 N–H and O–H groups in total. The van der Waals surface area contributed by atoms with Crippen LogP contribution in [0.1, 0.15) is 23.1 Å². The number of nitrogens with zero attached hydrogens (tertiary/aromatic N) is 3. The van der Waals surface area contributed by atoms with Gasteiger partial charge >= 0.3 is 0 Å². The lowest BCUT2D eigenvalue weighted by molar-refractivity contribution is 0.191. The molecular weight excluding hydrogens is 350 g/mol. The highest BCUT2D eigenvalue weighted by Crippen LogP contribution is 2.21. The quantitative estimate of drug-likeness (QED) is 0.867. The van der Waals surface area contributed by atoms with E-state index < -0.39 is 15.9 Å². The van der Waals surface area contributed by atoms with E-state index in [9.17, 15) is 13.5 Å². The van der Waals surface area contributed by atoms with E-state index in [1.54, 1.807) is 6.07 Å². The van der Waals surface area contributed by atoms with E-state index >= 15 is 0 Å². The molecule has 1 aromatic heterocycles. The third-order valence-corrected chi connectivity index (χ3v) is 5.19. The van der Waals surface area contributed by atoms with Gasteiger partial charge < -0.3 is 5.11 Å². The van der Waals surface area contributed by atoms with Gasteiger partial charge in [0.2, 0.25) is 0 Å². The molecule has 0 aliphatic carbocycles. The van der Waals surface area contributed by atoms with Crippen molar-refractivity contribution in [1.82, 2.24) is 14.7 Å². The zero-order valence-corrected chi connectivity index (χ0v) is 15.0. The molecule has 1 aromatic carbocycles. The van der Waals surface area contributed by atoms with Gasteiger partial charge in [0, 0.05) is 30.9 Å². The van der Waals surface area contributed by atoms with Gasteiger partial charge in [-0.2, -0.15) is 5.10 Å². The largest absolute Gasteiger partial charge is 0.386 e. The number of rotatable bonds is 5. The van der Waals surface area contributed by atoms with Crippen molar-refractivity contribution in [1.29, 1.82) is 0 Å². The predicted octanol–water partition coefficient (Wildman–Crippen LogP) is 1.63. The molecular formula is C16H20ClN3O3S. The fourth-order valence-electron chi connectivity index (χ4n) is 2.86. The Balaban J connectivity index is 1.68. The molecule has 0 bridgehead atoms. The average molecular weight is 370 g/mol. The van der Waals surface area contributed by atoms with E-state index in [2.05, 4.69) is 10.00 Å². The van der Waals surface area contributed by atoms with E-state index in [1.165, 1.54) is 5.56 Å². The highest BCUT2D eigenvalue weighted by Gasteiger charge is 2.23. The van der Waals surface area contributed by atoms with Crippen LogP contribution in [0.5, 0.6) is 0 Å². The van der Waals surface area contributed by atoms with Crippen LogP contribution in [-0.4, -0.2) is 46.8 Å². The Hall–Kier alpha value is -1.41. The maximum atomic E-state index is 11.3. The fraction of sp³-hybridized carbons (Fsp3) is 0.438. The molecule has 130 valence electrons. The molecule has 0 unspecified atom stereocenters. The lowest BCUT2D eigenvalue weighted by atomic mass is 10.2. The van der Waals surface area contributed by atoms with Crippen LogP contribution >= 0.6 is 11.6 Å². The number of sulfone groups is 1. The maximum absolute atomic E-state index is 11.3. The predicted molar refractivity (Wildman–Crippen MR) is 92.5 cm³/mol. The van der Waals surface area contributed by atoms with Crippen LogP contribution in [0.3, 0.4) is 0 Å². The third kappa shape index (κ3) is 4.36. The van der Waals surface area contributed by atoms with Gasteiger partial charge in [-0.05, 0) is 23.8 Å². The van der Waals surface area contributed by atoms with Crippen LogP contribution in [0.2, 0.25) is 5.02 Å². The molecule has 1 aliphatic rings. The molecule has 0 radical (unpaired) electrons. The Morgan fingerprint density at radius 1 is 1.29 bits per heavy atom. The van der Waals surface area contributed by atoms with Crippen molar-refractivity contribution in [2.45, 2.75) is 25.7 Å². The summed E-state index contributed by atoms with van der Waals surface area (Å²) in [6.45, 7) is 3.08. The van der Waals surface area contributed by atoms with Gasteiger partial charge in [0.1, 0.15) is 15.9 Å². The maximum Gasteiger partial charge on any atom is 0.150 e. The van der Waals surface area contributed by atoms with E-state index in [0.717, 1.165) is 30.1 Å². The summed E-state index contributed by atoms with van der Waals surface area (Å²) in [5.41, 5.74) is 2.59. The number of fused-ring (bicyclic) bond motifs is 1. The number of halogens is 1. The van der Waals surface area contributed by atoms with Crippen LogP contribution in [-0.2, 0) is 29.5 Å². The summed E-state index contributed by atoms with van der Waals surface area (Å²) >= 11 is 5.91. The SMILES string of the molecule is CS(=O)(=O)C[C@@H](O)c1cc2n(n1)CCN(Cc1ccc(Cl)cc1)C2. The molecule has 0 fully saturated rings. The van der Waals surface area contributed by atoms with E-state index in [-0.39, 0.29) is 5.75 Å². The molecule has 0 spiro atoms. The number of hydrogen-bond acceptors (Lipinski definition) is 5. The van der Waals surface area contributed by atoms with Crippen LogP contribution in [0.15, 0.2) is 30.3 Å². The summed E-state index contributed by atoms with van der Waals surface area (Å²) < 4.78 is 24.5. The second-order valence-corrected chi connectivity index (χ2v) is 8.85. The minimum atomic E-state index is -3.25. The smallest absolute Gasteiger partial charge is 0.150 e. The van der Waals surface area contributed by atoms with Gasteiger partial charge in [0.25, 0.3) is 0 Å². The Morgan fingerprint density at radius 3 is 2.67 bits per heavy atom. The number of hydrogen-bond donors (Lipinski definition) is 1. The highest BCUT2D eigenvalue weighted by molar-refractivity contribution is 7.90. The van der Waals surface area contributed by atoms with Gasteiger partial charge in [-0.1, -0.05) is 23.7 Å². The van der Waals surface area contributed by atoms with E-state index in [0.29, 0.717) is 18.8 Å². The van der Waals surface area contributed by atoms with Crippen LogP contribution < -0.4 is 0 Å². The van der Waals surface area contributed by atoms with Crippen molar-refractivity contribution in [3.05, 3.63) is 52.3 Å². The van der Waals surface area contributed by atoms with Crippen molar-refractivity contribution in [3.63, 3.8) is 0 Å². The first kappa shape index (κ1) is 17.4. The summed E-state index contributed by atoms with van der Waals surface area (Å²) in [6, 6.07) is 9.57. The lowest BCUT2D eigenvalue weighted by Gasteiger charge is -2.27. The molecule has 0 amide bonds. The molecule has 24 heavy (non-hydrogen) atoms. The van der Waals surface area contributed by atoms with Gasteiger partial charge in [0.05, 0.1) is 23.7 Å². The van der Waals surface area contributed by atoms with Crippen LogP contribution in [0.25, 0.3) is 0 Å². The number of benzene rings is 1. The lowest BCUT2D eigenvalue weighted by Crippen LogP contribution is -2.33. The molecule has 0 saturated carbocycles. The number of aliphatic hydroxyl groups is 1. The minimum Gasteiger partial charge on any atom is -0.386 e. The minimum absolute atomic E-state index is 0.308. The first-order valence-electron chi connectivity index (χ1n) is 7.69. The standard InChI is InChI=1S/C16H20ClN3O3S/c1-24(22,23)11-16(21)15-8-14-10-19(6-7-20(14)18-15)9-12-2-4-13(17)5-3-12/h2-5,8,16,21H,6-7,9-11H2,1H3/t16-/m1/s1. The van der Waals surface area contributed by atoms with Gasteiger partial charge in [-0.15, -0.1) is 0 Å². The zero-order chi connectivity index (χ0) is 17.3. The normalized spacial score (nSPS) is 16.8. The van der Waals surface area contributed by atoms with Crippen molar-refractivity contribution in [2.24, 2.45) is 0 Å². The van der Waals surface area contributed by atoms with Gasteiger partial charge in [0.15, 0.2) is 0 Å². The second-order valence-electron chi connectivity index (χ2n) is 6.23. The Kier molecular flexibility index (Phi) is 4.96. The molecule has 8 heteroatoms. The van der Waals surface area contributed by atoms with E-state index in [4.69, 9.17) is 11.6 Å². The topological polar surface area (TPSA) is 75.4 Å². The molecule has 1 atom stereocenters. The third-order valence-electron chi connectivity index (χ3n) is 4.02. The Labute approximate surface area is 146 Å². The molecule has 2 heterocycles. The van der Waals surface area contributed by atoms with E-state index in [1.807, 2.05) is 28.9 Å². The Bertz CT molecular complexity index is 818. The summed E-state index contributed by atoms with van der Waals surface area (Å²) in [5, 5.41) is 15.1. The summed E-state index contributed by atoms with van der Waals surface area (Å²) in [5.74, 6) is -0.308. The molecule has 3 rings (SSSR count). The van der Waals surface area contributed by atoms with Crippen molar-refractivity contribution < 1.29 is 13.5 Å². The Morgan fingerprint density at radius 2 is 2.00 bits per heavy atom. The average Bonchev–Trinajstić information content (AvgIpc) is 2.91. The van der Waals surface area contributed by atoms with Crippen molar-refractivity contribution in [3.8, 4) is 0 Å². The molecule has 1 aliphatic heterocycles. The highest BCUT2D eigenvalue weighted by atomic mass is 35.5. The summed E-state index contributed by atoms with van der Waals surface area (Å²) in [7, 11) is -3.25. The first-order chi connectivity index (χ1) is 11.3. The molecule has 2 aromatic rings. The van der Waals surface area contributed by atoms with Crippen LogP contribution in [0, 0.1) is 0 Å². The number of aromatic nitrogens is 2. The zero-order valence-electron chi connectivity index (χ0n) is 13.4. The first-order valence-corrected chi connectivity index (χ1v) is 10.1. The van der Waals surface area contributed by atoms with Gasteiger partial charge in [-0.3, -0.25) is 9.58 Å². The summed E-state index contributed by atoms with van der Waals surface area (Å²) in [4.78, 5) is 2.28. The number of aliphatic hydroxyl groups excluding tert-OH is 1. The summed E-state index contributed by atoms with van der Waals surface area (Å²) in [6.07, 6.45) is 0.0304. The molecule has 6 nitrogen and oxygen atoms in total. The van der Waals surface area contributed by atoms with Crippen molar-refractivity contribution in [2.75, 3.05) is 18.6 Å². The van der Waals surface area contributed by atoms with Gasteiger partial charge in [-0.25, -0.2) is 8.42 Å². The molecule has 0 saturated heterocycles. The fourth-order valence-corrected chi connectivity index (χ4v) is 3.73.